The lowest BCUT2D eigenvalue weighted by Gasteiger charge is -2.35. The van der Waals surface area contributed by atoms with Crippen molar-refractivity contribution >= 4 is 23.1 Å². The molecule has 5 rings (SSSR count). The highest BCUT2D eigenvalue weighted by molar-refractivity contribution is 6.30. The van der Waals surface area contributed by atoms with Crippen LogP contribution >= 0.6 is 11.6 Å². The fraction of sp³-hybridized carbons (Fsp3) is 0.400. The Balaban J connectivity index is 1.36. The van der Waals surface area contributed by atoms with Crippen LogP contribution in [0.4, 0.5) is 0 Å². The van der Waals surface area contributed by atoms with Gasteiger partial charge in [-0.05, 0) is 60.4 Å². The van der Waals surface area contributed by atoms with Gasteiger partial charge in [-0.2, -0.15) is 0 Å². The number of ether oxygens (including phenoxy) is 1. The maximum atomic E-state index is 12.7. The quantitative estimate of drug-likeness (QED) is 0.646. The normalized spacial score (nSPS) is 30.7. The number of carbonyl (C=O) groups excluding carboxylic acids is 1. The monoisotopic (exact) mass is 407 g/mol. The molecule has 0 unspecified atom stereocenters. The van der Waals surface area contributed by atoms with Crippen molar-refractivity contribution in [1.82, 2.24) is 4.90 Å². The Hall–Kier alpha value is -2.10. The van der Waals surface area contributed by atoms with Crippen molar-refractivity contribution < 1.29 is 9.53 Å². The summed E-state index contributed by atoms with van der Waals surface area (Å²) < 4.78 is 5.23. The predicted octanol–water partition coefficient (Wildman–Crippen LogP) is 5.09. The summed E-state index contributed by atoms with van der Waals surface area (Å²) in [5.41, 5.74) is 3.35. The van der Waals surface area contributed by atoms with Gasteiger partial charge in [0.05, 0.1) is 12.5 Å². The number of methoxy groups -OCH3 is 1. The second-order valence-electron chi connectivity index (χ2n) is 8.63. The molecule has 0 N–H and O–H groups in total. The minimum Gasteiger partial charge on any atom is -0.468 e. The maximum Gasteiger partial charge on any atom is 0.316 e. The zero-order valence-corrected chi connectivity index (χ0v) is 17.4. The first-order valence-corrected chi connectivity index (χ1v) is 10.9. The fourth-order valence-electron chi connectivity index (χ4n) is 5.52. The number of carbonyl (C=O) groups is 1. The second kappa shape index (κ2) is 7.30. The molecule has 2 aliphatic heterocycles. The van der Waals surface area contributed by atoms with E-state index in [0.717, 1.165) is 30.0 Å². The van der Waals surface area contributed by atoms with Crippen molar-refractivity contribution in [3.05, 3.63) is 76.8 Å². The van der Waals surface area contributed by atoms with Gasteiger partial charge in [0, 0.05) is 23.7 Å². The van der Waals surface area contributed by atoms with Crippen LogP contribution in [0.2, 0.25) is 5.02 Å². The summed E-state index contributed by atoms with van der Waals surface area (Å²) >= 11 is 6.06. The summed E-state index contributed by atoms with van der Waals surface area (Å²) in [6.45, 7) is 0.962. The van der Waals surface area contributed by atoms with Crippen molar-refractivity contribution in [3.63, 3.8) is 0 Å². The zero-order valence-electron chi connectivity index (χ0n) is 16.7. The third-order valence-corrected chi connectivity index (χ3v) is 7.38. The molecule has 0 radical (unpaired) electrons. The Morgan fingerprint density at radius 1 is 1.14 bits per heavy atom. The highest BCUT2D eigenvalue weighted by atomic mass is 35.5. The van der Waals surface area contributed by atoms with Gasteiger partial charge < -0.3 is 4.74 Å². The van der Waals surface area contributed by atoms with Crippen LogP contribution in [0.25, 0.3) is 5.57 Å². The summed E-state index contributed by atoms with van der Waals surface area (Å²) in [6, 6.07) is 19.4. The number of halogens is 1. The molecule has 0 spiro atoms. The zero-order chi connectivity index (χ0) is 20.0. The maximum absolute atomic E-state index is 12.7. The molecule has 3 aliphatic rings. The average molecular weight is 408 g/mol. The Kier molecular flexibility index (Phi) is 4.76. The van der Waals surface area contributed by atoms with Crippen molar-refractivity contribution in [2.45, 2.75) is 43.2 Å². The average Bonchev–Trinajstić information content (AvgIpc) is 3.43. The Bertz CT molecular complexity index is 939. The summed E-state index contributed by atoms with van der Waals surface area (Å²) in [5, 5.41) is 0.781. The number of hydrogen-bond donors (Lipinski definition) is 0. The lowest BCUT2D eigenvalue weighted by Crippen LogP contribution is -2.41. The van der Waals surface area contributed by atoms with Gasteiger partial charge in [-0.3, -0.25) is 9.69 Å². The number of rotatable bonds is 5. The fourth-order valence-corrected chi connectivity index (χ4v) is 5.65. The molecule has 2 aromatic rings. The van der Waals surface area contributed by atoms with Gasteiger partial charge >= 0.3 is 5.97 Å². The van der Waals surface area contributed by atoms with Gasteiger partial charge in [-0.25, -0.2) is 0 Å². The van der Waals surface area contributed by atoms with Gasteiger partial charge in [-0.1, -0.05) is 60.1 Å². The Morgan fingerprint density at radius 3 is 2.59 bits per heavy atom. The van der Waals surface area contributed by atoms with E-state index >= 15 is 0 Å². The molecule has 29 heavy (non-hydrogen) atoms. The third kappa shape index (κ3) is 3.21. The molecule has 4 atom stereocenters. The molecule has 2 bridgehead atoms. The van der Waals surface area contributed by atoms with Crippen molar-refractivity contribution in [2.75, 3.05) is 13.7 Å². The number of benzene rings is 2. The Morgan fingerprint density at radius 2 is 1.90 bits per heavy atom. The summed E-state index contributed by atoms with van der Waals surface area (Å²) in [7, 11) is 1.51. The first-order chi connectivity index (χ1) is 14.1. The van der Waals surface area contributed by atoms with E-state index in [1.165, 1.54) is 31.1 Å². The third-order valence-electron chi connectivity index (χ3n) is 7.13. The summed E-state index contributed by atoms with van der Waals surface area (Å²) in [4.78, 5) is 15.4. The van der Waals surface area contributed by atoms with Gasteiger partial charge in [-0.15, -0.1) is 0 Å². The number of nitrogens with zero attached hydrogens (tertiary/aromatic N) is 1. The van der Waals surface area contributed by atoms with E-state index in [9.17, 15) is 4.79 Å². The van der Waals surface area contributed by atoms with Crippen molar-refractivity contribution in [3.8, 4) is 0 Å². The van der Waals surface area contributed by atoms with E-state index in [1.807, 2.05) is 30.3 Å². The molecule has 3 nitrogen and oxygen atoms in total. The molecular formula is C25H26ClNO2. The van der Waals surface area contributed by atoms with Crippen molar-refractivity contribution in [1.29, 1.82) is 0 Å². The van der Waals surface area contributed by atoms with Crippen LogP contribution in [-0.2, 0) is 14.9 Å². The van der Waals surface area contributed by atoms with E-state index in [2.05, 4.69) is 35.2 Å². The molecule has 1 aliphatic carbocycles. The Labute approximate surface area is 177 Å². The number of fused-ring (bicyclic) bond motifs is 2. The molecule has 1 saturated heterocycles. The molecule has 0 amide bonds. The van der Waals surface area contributed by atoms with Crippen molar-refractivity contribution in [2.24, 2.45) is 5.92 Å². The van der Waals surface area contributed by atoms with Crippen LogP contribution in [0.15, 0.2) is 60.7 Å². The number of esters is 1. The first-order valence-electron chi connectivity index (χ1n) is 10.5. The van der Waals surface area contributed by atoms with E-state index in [-0.39, 0.29) is 5.97 Å². The van der Waals surface area contributed by atoms with Crippen LogP contribution in [0.5, 0.6) is 0 Å². The van der Waals surface area contributed by atoms with E-state index < -0.39 is 5.41 Å². The lowest BCUT2D eigenvalue weighted by molar-refractivity contribution is -0.144. The minimum atomic E-state index is -0.463. The van der Waals surface area contributed by atoms with Crippen LogP contribution in [0.1, 0.15) is 36.8 Å². The number of hydrogen-bond acceptors (Lipinski definition) is 3. The molecule has 1 saturated carbocycles. The molecule has 150 valence electrons. The summed E-state index contributed by atoms with van der Waals surface area (Å²) in [5.74, 6) is 0.237. The molecule has 2 fully saturated rings. The first kappa shape index (κ1) is 18.9. The topological polar surface area (TPSA) is 29.5 Å². The van der Waals surface area contributed by atoms with Crippen LogP contribution < -0.4 is 0 Å². The highest BCUT2D eigenvalue weighted by Gasteiger charge is 2.63. The van der Waals surface area contributed by atoms with E-state index in [1.54, 1.807) is 0 Å². The highest BCUT2D eigenvalue weighted by Crippen LogP contribution is 2.56. The van der Waals surface area contributed by atoms with Gasteiger partial charge in [0.25, 0.3) is 0 Å². The van der Waals surface area contributed by atoms with Gasteiger partial charge in [0.1, 0.15) is 0 Å². The standard InChI is InChI=1S/C25H26ClNO2/c1-29-24(28)25(19-5-3-2-4-6-19)15-20(25)16-27-22-11-12-23(27)14-18(13-22)17-7-9-21(26)10-8-17/h2-10,13,20,22-23H,11-12,14-16H2,1H3/t20-,22+,23-,25+/m1/s1. The molecule has 2 aromatic carbocycles. The summed E-state index contributed by atoms with van der Waals surface area (Å²) in [6.07, 6.45) is 6.82. The van der Waals surface area contributed by atoms with E-state index in [4.69, 9.17) is 16.3 Å². The van der Waals surface area contributed by atoms with Crippen LogP contribution in [0.3, 0.4) is 0 Å². The minimum absolute atomic E-state index is 0.0875. The van der Waals surface area contributed by atoms with Gasteiger partial charge in [0.2, 0.25) is 0 Å². The van der Waals surface area contributed by atoms with Crippen LogP contribution in [0, 0.1) is 5.92 Å². The molecule has 4 heteroatoms. The molecule has 2 heterocycles. The molecular weight excluding hydrogens is 382 g/mol. The second-order valence-corrected chi connectivity index (χ2v) is 9.06. The smallest absolute Gasteiger partial charge is 0.316 e. The van der Waals surface area contributed by atoms with E-state index in [0.29, 0.717) is 18.0 Å². The largest absolute Gasteiger partial charge is 0.468 e. The predicted molar refractivity (Wildman–Crippen MR) is 116 cm³/mol. The lowest BCUT2D eigenvalue weighted by atomic mass is 9.91. The van der Waals surface area contributed by atoms with Crippen LogP contribution in [-0.4, -0.2) is 36.6 Å². The molecule has 0 aromatic heterocycles. The SMILES string of the molecule is COC(=O)[C@]1(c2ccccc2)C[C@@H]1CN1[C@@H]2CC[C@H]1C=C(c1ccc(Cl)cc1)C2. The van der Waals surface area contributed by atoms with Gasteiger partial charge in [0.15, 0.2) is 0 Å².